The maximum absolute atomic E-state index is 17.5. The van der Waals surface area contributed by atoms with Crippen LogP contribution in [0.3, 0.4) is 0 Å². The van der Waals surface area contributed by atoms with E-state index in [1.807, 2.05) is 0 Å². The van der Waals surface area contributed by atoms with E-state index in [9.17, 15) is 39.0 Å². The molecule has 404 valence electrons. The number of halogens is 4. The largest absolute Gasteiger partial charge is 0.457 e. The third kappa shape index (κ3) is 7.56. The number of rotatable bonds is 9. The molecule has 2 heterocycles. The lowest BCUT2D eigenvalue weighted by atomic mass is 9.44. The number of esters is 2. The molecular formula is C56H62F4O13S2. The second kappa shape index (κ2) is 19.0. The molecule has 6 fully saturated rings. The summed E-state index contributed by atoms with van der Waals surface area (Å²) in [4.78, 5) is 77.5. The van der Waals surface area contributed by atoms with Gasteiger partial charge in [0.2, 0.25) is 21.8 Å². The summed E-state index contributed by atoms with van der Waals surface area (Å²) in [6.45, 7) is 9.73. The first kappa shape index (κ1) is 55.0. The first-order chi connectivity index (χ1) is 35.2. The number of aliphatic hydroxyl groups excluding tert-OH is 3. The summed E-state index contributed by atoms with van der Waals surface area (Å²) in [5, 5.41) is 30.9. The molecule has 0 bridgehead atoms. The first-order valence-corrected chi connectivity index (χ1v) is 26.8. The second-order valence-electron chi connectivity index (χ2n) is 22.8. The number of thioether (sulfide) groups is 1. The maximum atomic E-state index is 17.5. The molecule has 0 radical (unpaired) electrons. The van der Waals surface area contributed by atoms with Crippen molar-refractivity contribution in [3.8, 4) is 0 Å². The van der Waals surface area contributed by atoms with Gasteiger partial charge in [-0.25, -0.2) is 27.2 Å². The summed E-state index contributed by atoms with van der Waals surface area (Å²) in [6, 6.07) is 5.84. The Morgan fingerprint density at radius 3 is 1.55 bits per heavy atom. The van der Waals surface area contributed by atoms with Gasteiger partial charge in [0.05, 0.1) is 31.3 Å². The highest BCUT2D eigenvalue weighted by molar-refractivity contribution is 8.14. The van der Waals surface area contributed by atoms with Gasteiger partial charge in [0.15, 0.2) is 34.1 Å². The molecule has 2 aromatic rings. The van der Waals surface area contributed by atoms with Crippen molar-refractivity contribution in [1.29, 1.82) is 0 Å². The average molecular weight is 1080 g/mol. The predicted octanol–water partition coefficient (Wildman–Crippen LogP) is 8.74. The van der Waals surface area contributed by atoms with Crippen LogP contribution in [0.15, 0.2) is 105 Å². The van der Waals surface area contributed by atoms with Gasteiger partial charge in [0.25, 0.3) is 0 Å². The number of ketones is 2. The molecule has 3 N–H and O–H groups in total. The minimum absolute atomic E-state index is 0.0188. The van der Waals surface area contributed by atoms with Crippen molar-refractivity contribution < 1.29 is 80.0 Å². The van der Waals surface area contributed by atoms with Gasteiger partial charge in [-0.2, -0.15) is 0 Å². The summed E-state index contributed by atoms with van der Waals surface area (Å²) < 4.78 is 88.5. The molecule has 75 heavy (non-hydrogen) atoms. The number of thiol groups is 1. The SMILES string of the molecule is C[C@@H]1CC2C3C[C@H](F)C4=CC(=O)C=C[C@]4(C)[C@@]3(F)[C@@H](O)C[C@]2(C)[C@@]1(OC(=O)c1ccco1)C(=O)S.C[C@@H]1CC2C3C[C@H](F)C4=CC(=O)C=C[C@]4(C)[C@@]3(F)[C@@H](O)C[C@]2(C)[C@@]1(OC(=O)c1ccco1)C(=O)SC/C=C\CO. The Morgan fingerprint density at radius 2 is 1.13 bits per heavy atom. The lowest BCUT2D eigenvalue weighted by Gasteiger charge is -2.63. The van der Waals surface area contributed by atoms with Crippen molar-refractivity contribution in [2.75, 3.05) is 12.4 Å². The molecule has 10 rings (SSSR count). The third-order valence-electron chi connectivity index (χ3n) is 19.5. The Bertz CT molecular complexity index is 2830. The van der Waals surface area contributed by atoms with Crippen molar-refractivity contribution in [3.63, 3.8) is 0 Å². The van der Waals surface area contributed by atoms with Crippen LogP contribution in [0.4, 0.5) is 17.6 Å². The van der Waals surface area contributed by atoms with Crippen LogP contribution in [0.5, 0.6) is 0 Å². The molecule has 8 aliphatic rings. The minimum Gasteiger partial charge on any atom is -0.457 e. The number of aliphatic hydroxyl groups is 3. The molecule has 0 aromatic carbocycles. The highest BCUT2D eigenvalue weighted by Crippen LogP contribution is 2.74. The van der Waals surface area contributed by atoms with E-state index >= 15 is 17.6 Å². The summed E-state index contributed by atoms with van der Waals surface area (Å²) >= 11 is 5.02. The number of carbonyl (C=O) groups excluding carboxylic acids is 6. The zero-order chi connectivity index (χ0) is 54.6. The zero-order valence-electron chi connectivity index (χ0n) is 42.3. The number of hydrogen-bond donors (Lipinski definition) is 4. The molecule has 0 spiro atoms. The van der Waals surface area contributed by atoms with E-state index in [2.05, 4.69) is 12.6 Å². The zero-order valence-corrected chi connectivity index (χ0v) is 44.0. The normalized spacial score (nSPS) is 44.1. The number of ether oxygens (including phenoxy) is 2. The van der Waals surface area contributed by atoms with Crippen molar-refractivity contribution in [2.24, 2.45) is 57.2 Å². The van der Waals surface area contributed by atoms with Crippen molar-refractivity contribution in [3.05, 3.63) is 108 Å². The van der Waals surface area contributed by atoms with Crippen LogP contribution >= 0.6 is 24.4 Å². The van der Waals surface area contributed by atoms with Gasteiger partial charge in [-0.3, -0.25) is 19.2 Å². The Hall–Kier alpha value is -4.82. The van der Waals surface area contributed by atoms with Crippen LogP contribution in [-0.2, 0) is 28.7 Å². The Kier molecular flexibility index (Phi) is 13.9. The summed E-state index contributed by atoms with van der Waals surface area (Å²) in [5.41, 5.74) is -13.7. The number of furan rings is 2. The van der Waals surface area contributed by atoms with E-state index in [1.165, 1.54) is 81.0 Å². The van der Waals surface area contributed by atoms with Crippen LogP contribution in [0.2, 0.25) is 0 Å². The molecule has 13 nitrogen and oxygen atoms in total. The van der Waals surface area contributed by atoms with Gasteiger partial charge in [0, 0.05) is 51.1 Å². The Labute approximate surface area is 441 Å². The third-order valence-corrected chi connectivity index (χ3v) is 20.7. The van der Waals surface area contributed by atoms with E-state index in [0.29, 0.717) is 0 Å². The molecule has 4 unspecified atom stereocenters. The topological polar surface area (TPSA) is 208 Å². The predicted molar refractivity (Wildman–Crippen MR) is 268 cm³/mol. The standard InChI is InChI=1S/C30H34F2O7S.C26H28F2O6S/c1-17-13-19-20-15-22(31)21-14-18(34)8-9-27(21,2)29(20,32)24(35)16-28(19,3)30(17,26(37)40-12-5-4-10-33)39-25(36)23-7-6-11-38-23;1-13-9-15-16-11-18(27)17-10-14(29)6-7-23(17,2)25(16,28)20(30)12-24(15,3)26(13,22(32)35)34-21(31)19-5-4-8-33-19/h4-9,11,14,17,19-20,22,24,33,35H,10,12-13,15-16H2,1-3H3;4-8,10,13,15-16,18,20,30H,9,11-12H2,1-3H3,(H,32,35)/b5-4-;/t17-,19?,20?,22+,24+,27+,28+,29+,30+;13-,15?,16?,18+,20+,23+,24+,25+,26+/m11/s1. The van der Waals surface area contributed by atoms with E-state index < -0.39 is 138 Å². The summed E-state index contributed by atoms with van der Waals surface area (Å²) in [6.07, 6.45) is 6.22. The quantitative estimate of drug-likeness (QED) is 0.0802. The van der Waals surface area contributed by atoms with Gasteiger partial charge < -0.3 is 33.6 Å². The molecule has 6 saturated carbocycles. The van der Waals surface area contributed by atoms with E-state index in [4.69, 9.17) is 23.4 Å². The molecule has 0 aliphatic heterocycles. The Morgan fingerprint density at radius 1 is 0.707 bits per heavy atom. The number of hydrogen-bond acceptors (Lipinski definition) is 14. The molecule has 18 atom stereocenters. The van der Waals surface area contributed by atoms with Crippen LogP contribution < -0.4 is 0 Å². The lowest BCUT2D eigenvalue weighted by molar-refractivity contribution is -0.221. The molecule has 0 amide bonds. The smallest absolute Gasteiger partial charge is 0.375 e. The van der Waals surface area contributed by atoms with Gasteiger partial charge >= 0.3 is 11.9 Å². The second-order valence-corrected chi connectivity index (χ2v) is 24.2. The van der Waals surface area contributed by atoms with Crippen LogP contribution in [-0.4, -0.2) is 109 Å². The summed E-state index contributed by atoms with van der Waals surface area (Å²) in [7, 11) is 0. The van der Waals surface area contributed by atoms with Crippen molar-refractivity contribution in [1.82, 2.24) is 0 Å². The van der Waals surface area contributed by atoms with E-state index in [0.717, 1.165) is 23.9 Å². The molecule has 2 aromatic heterocycles. The van der Waals surface area contributed by atoms with Crippen molar-refractivity contribution in [2.45, 2.75) is 127 Å². The van der Waals surface area contributed by atoms with Gasteiger partial charge in [-0.15, -0.1) is 12.6 Å². The molecule has 0 saturated heterocycles. The number of fused-ring (bicyclic) bond motifs is 10. The fourth-order valence-electron chi connectivity index (χ4n) is 16.0. The highest BCUT2D eigenvalue weighted by atomic mass is 32.2. The number of carbonyl (C=O) groups is 6. The van der Waals surface area contributed by atoms with Crippen molar-refractivity contribution >= 4 is 58.1 Å². The average Bonchev–Trinajstić information content (AvgIpc) is 4.17. The Balaban J connectivity index is 0.000000185. The molecular weight excluding hydrogens is 1020 g/mol. The van der Waals surface area contributed by atoms with Gasteiger partial charge in [-0.1, -0.05) is 63.8 Å². The maximum Gasteiger partial charge on any atom is 0.375 e. The lowest BCUT2D eigenvalue weighted by Crippen LogP contribution is -2.70. The minimum atomic E-state index is -2.32. The van der Waals surface area contributed by atoms with Crippen LogP contribution in [0.25, 0.3) is 0 Å². The molecule has 19 heteroatoms. The molecule has 8 aliphatic carbocycles. The summed E-state index contributed by atoms with van der Waals surface area (Å²) in [5.74, 6) is -6.99. The number of allylic oxidation sites excluding steroid dienone is 8. The first-order valence-electron chi connectivity index (χ1n) is 25.3. The van der Waals surface area contributed by atoms with Gasteiger partial charge in [-0.05, 0) is 124 Å². The fourth-order valence-corrected chi connectivity index (χ4v) is 17.6. The number of alkyl halides is 4. The monoisotopic (exact) mass is 1080 g/mol. The van der Waals surface area contributed by atoms with Gasteiger partial charge in [0.1, 0.15) is 12.3 Å². The highest BCUT2D eigenvalue weighted by Gasteiger charge is 2.80. The van der Waals surface area contributed by atoms with E-state index in [-0.39, 0.29) is 73.6 Å². The van der Waals surface area contributed by atoms with E-state index in [1.54, 1.807) is 33.8 Å². The van der Waals surface area contributed by atoms with Crippen LogP contribution in [0, 0.1) is 57.2 Å². The van der Waals surface area contributed by atoms with Crippen LogP contribution in [0.1, 0.15) is 101 Å². The fraction of sp³-hybridized carbons (Fsp3) is 0.571.